The first-order valence-electron chi connectivity index (χ1n) is 7.83. The fourth-order valence-corrected chi connectivity index (χ4v) is 3.43. The number of anilines is 4. The van der Waals surface area contributed by atoms with Gasteiger partial charge in [0.1, 0.15) is 12.0 Å². The predicted octanol–water partition coefficient (Wildman–Crippen LogP) is 3.18. The molecule has 0 aliphatic rings. The normalized spacial score (nSPS) is 11.2. The standard InChI is InChI=1S/C17H17BrN6O2S/c1-11-5-7-14(8-6-11)27(25,26)24-23-17-15(19)16(20-10-21-17)22-13-4-2-3-12(18)9-13/h2-10,24H,19H2,1H3,(H2,20,21,22,23). The van der Waals surface area contributed by atoms with Crippen LogP contribution in [0.15, 0.2) is 64.2 Å². The van der Waals surface area contributed by atoms with Crippen LogP contribution in [-0.4, -0.2) is 18.4 Å². The van der Waals surface area contributed by atoms with Gasteiger partial charge in [-0.05, 0) is 37.3 Å². The zero-order valence-corrected chi connectivity index (χ0v) is 16.7. The summed E-state index contributed by atoms with van der Waals surface area (Å²) in [5, 5.41) is 3.07. The number of rotatable bonds is 6. The molecule has 0 fully saturated rings. The number of nitrogens with two attached hydrogens (primary N) is 1. The number of hydrogen-bond donors (Lipinski definition) is 4. The van der Waals surface area contributed by atoms with Crippen molar-refractivity contribution in [1.29, 1.82) is 0 Å². The fourth-order valence-electron chi connectivity index (χ4n) is 2.19. The lowest BCUT2D eigenvalue weighted by molar-refractivity contribution is 0.587. The Hall–Kier alpha value is -2.69. The number of nitrogen functional groups attached to an aromatic ring is 1. The molecule has 0 saturated carbocycles. The summed E-state index contributed by atoms with van der Waals surface area (Å²) < 4.78 is 25.6. The first-order chi connectivity index (χ1) is 12.8. The molecule has 8 nitrogen and oxygen atoms in total. The molecule has 0 amide bonds. The zero-order valence-electron chi connectivity index (χ0n) is 14.3. The number of aryl methyl sites for hydroxylation is 1. The number of hydrogen-bond acceptors (Lipinski definition) is 7. The molecule has 2 aromatic carbocycles. The highest BCUT2D eigenvalue weighted by molar-refractivity contribution is 9.10. The van der Waals surface area contributed by atoms with Crippen molar-refractivity contribution in [3.63, 3.8) is 0 Å². The summed E-state index contributed by atoms with van der Waals surface area (Å²) in [5.41, 5.74) is 10.5. The highest BCUT2D eigenvalue weighted by Gasteiger charge is 2.15. The molecule has 0 aliphatic heterocycles. The van der Waals surface area contributed by atoms with Crippen molar-refractivity contribution in [2.75, 3.05) is 16.5 Å². The van der Waals surface area contributed by atoms with Gasteiger partial charge in [-0.2, -0.15) is 0 Å². The summed E-state index contributed by atoms with van der Waals surface area (Å²) >= 11 is 3.39. The highest BCUT2D eigenvalue weighted by atomic mass is 79.9. The summed E-state index contributed by atoms with van der Waals surface area (Å²) in [4.78, 5) is 10.5. The fraction of sp³-hybridized carbons (Fsp3) is 0.0588. The van der Waals surface area contributed by atoms with Gasteiger partial charge in [-0.3, -0.25) is 5.43 Å². The Labute approximate surface area is 165 Å². The van der Waals surface area contributed by atoms with Crippen LogP contribution >= 0.6 is 15.9 Å². The Kier molecular flexibility index (Phi) is 5.59. The van der Waals surface area contributed by atoms with E-state index in [-0.39, 0.29) is 16.4 Å². The average Bonchev–Trinajstić information content (AvgIpc) is 2.63. The second kappa shape index (κ2) is 7.91. The van der Waals surface area contributed by atoms with Crippen LogP contribution in [0.1, 0.15) is 5.56 Å². The monoisotopic (exact) mass is 448 g/mol. The molecule has 0 spiro atoms. The van der Waals surface area contributed by atoms with Gasteiger partial charge in [0.2, 0.25) is 0 Å². The number of nitrogens with zero attached hydrogens (tertiary/aromatic N) is 2. The van der Waals surface area contributed by atoms with E-state index >= 15 is 0 Å². The summed E-state index contributed by atoms with van der Waals surface area (Å²) in [5.74, 6) is 0.485. The van der Waals surface area contributed by atoms with Crippen LogP contribution in [0.4, 0.5) is 23.0 Å². The lowest BCUT2D eigenvalue weighted by Crippen LogP contribution is -2.30. The maximum Gasteiger partial charge on any atom is 0.257 e. The lowest BCUT2D eigenvalue weighted by Gasteiger charge is -2.13. The molecular formula is C17H17BrN6O2S. The van der Waals surface area contributed by atoms with Gasteiger partial charge >= 0.3 is 0 Å². The Morgan fingerprint density at radius 2 is 1.74 bits per heavy atom. The Balaban J connectivity index is 1.77. The minimum atomic E-state index is -3.77. The van der Waals surface area contributed by atoms with E-state index < -0.39 is 10.0 Å². The van der Waals surface area contributed by atoms with E-state index in [4.69, 9.17) is 5.73 Å². The Morgan fingerprint density at radius 3 is 2.44 bits per heavy atom. The van der Waals surface area contributed by atoms with Crippen LogP contribution < -0.4 is 21.3 Å². The van der Waals surface area contributed by atoms with E-state index in [0.29, 0.717) is 5.82 Å². The van der Waals surface area contributed by atoms with E-state index in [9.17, 15) is 8.42 Å². The molecule has 0 unspecified atom stereocenters. The molecule has 0 atom stereocenters. The van der Waals surface area contributed by atoms with Crippen molar-refractivity contribution in [2.45, 2.75) is 11.8 Å². The third-order valence-corrected chi connectivity index (χ3v) is 5.36. The van der Waals surface area contributed by atoms with Gasteiger partial charge in [0, 0.05) is 10.2 Å². The average molecular weight is 449 g/mol. The predicted molar refractivity (Wildman–Crippen MR) is 109 cm³/mol. The van der Waals surface area contributed by atoms with Crippen molar-refractivity contribution < 1.29 is 8.42 Å². The molecule has 1 heterocycles. The van der Waals surface area contributed by atoms with Gasteiger partial charge in [0.15, 0.2) is 11.6 Å². The van der Waals surface area contributed by atoms with Crippen molar-refractivity contribution >= 4 is 49.0 Å². The maximum absolute atomic E-state index is 12.4. The van der Waals surface area contributed by atoms with Crippen molar-refractivity contribution in [1.82, 2.24) is 14.8 Å². The number of nitrogens with one attached hydrogen (secondary N) is 3. The first kappa shape index (κ1) is 19.1. The van der Waals surface area contributed by atoms with Crippen LogP contribution in [0.3, 0.4) is 0 Å². The van der Waals surface area contributed by atoms with Crippen LogP contribution in [0.25, 0.3) is 0 Å². The van der Waals surface area contributed by atoms with E-state index in [0.717, 1.165) is 15.7 Å². The van der Waals surface area contributed by atoms with Gasteiger partial charge in [-0.25, -0.2) is 18.4 Å². The van der Waals surface area contributed by atoms with Crippen molar-refractivity contribution in [3.8, 4) is 0 Å². The molecule has 140 valence electrons. The molecule has 0 aliphatic carbocycles. The van der Waals surface area contributed by atoms with Gasteiger partial charge in [-0.1, -0.05) is 39.7 Å². The van der Waals surface area contributed by atoms with Crippen molar-refractivity contribution in [2.24, 2.45) is 0 Å². The highest BCUT2D eigenvalue weighted by Crippen LogP contribution is 2.26. The van der Waals surface area contributed by atoms with Gasteiger partial charge in [0.05, 0.1) is 4.90 Å². The third-order valence-electron chi connectivity index (χ3n) is 3.61. The van der Waals surface area contributed by atoms with Gasteiger partial charge in [-0.15, -0.1) is 4.83 Å². The largest absolute Gasteiger partial charge is 0.393 e. The van der Waals surface area contributed by atoms with E-state index in [1.54, 1.807) is 12.1 Å². The van der Waals surface area contributed by atoms with E-state index in [1.807, 2.05) is 31.2 Å². The maximum atomic E-state index is 12.4. The topological polar surface area (TPSA) is 122 Å². The first-order valence-corrected chi connectivity index (χ1v) is 10.1. The molecule has 0 bridgehead atoms. The van der Waals surface area contributed by atoms with Gasteiger partial charge < -0.3 is 11.1 Å². The quantitative estimate of drug-likeness (QED) is 0.427. The number of sulfonamides is 1. The summed E-state index contributed by atoms with van der Waals surface area (Å²) in [6.07, 6.45) is 1.28. The third kappa shape index (κ3) is 4.73. The molecule has 3 rings (SSSR count). The van der Waals surface area contributed by atoms with Crippen LogP contribution in [0.2, 0.25) is 0 Å². The molecule has 5 N–H and O–H groups in total. The SMILES string of the molecule is Cc1ccc(S(=O)(=O)NNc2ncnc(Nc3cccc(Br)c3)c2N)cc1. The molecule has 10 heteroatoms. The molecule has 1 aromatic heterocycles. The van der Waals surface area contributed by atoms with Crippen molar-refractivity contribution in [3.05, 3.63) is 64.9 Å². The smallest absolute Gasteiger partial charge is 0.257 e. The minimum absolute atomic E-state index is 0.126. The molecule has 3 aromatic rings. The molecule has 27 heavy (non-hydrogen) atoms. The Morgan fingerprint density at radius 1 is 1.04 bits per heavy atom. The number of hydrazine groups is 1. The number of aromatic nitrogens is 2. The second-order valence-electron chi connectivity index (χ2n) is 5.66. The van der Waals surface area contributed by atoms with E-state index in [1.165, 1.54) is 18.5 Å². The molecule has 0 radical (unpaired) electrons. The van der Waals surface area contributed by atoms with E-state index in [2.05, 4.69) is 41.5 Å². The van der Waals surface area contributed by atoms with Crippen LogP contribution in [0, 0.1) is 6.92 Å². The summed E-state index contributed by atoms with van der Waals surface area (Å²) in [6, 6.07) is 13.9. The second-order valence-corrected chi connectivity index (χ2v) is 8.26. The summed E-state index contributed by atoms with van der Waals surface area (Å²) in [6.45, 7) is 1.88. The number of benzene rings is 2. The minimum Gasteiger partial charge on any atom is -0.393 e. The summed E-state index contributed by atoms with van der Waals surface area (Å²) in [7, 11) is -3.77. The Bertz CT molecular complexity index is 1060. The van der Waals surface area contributed by atoms with Crippen LogP contribution in [0.5, 0.6) is 0 Å². The van der Waals surface area contributed by atoms with Gasteiger partial charge in [0.25, 0.3) is 10.0 Å². The molecule has 0 saturated heterocycles. The molecular weight excluding hydrogens is 432 g/mol. The lowest BCUT2D eigenvalue weighted by atomic mass is 10.2. The number of halogens is 1. The van der Waals surface area contributed by atoms with Crippen LogP contribution in [-0.2, 0) is 10.0 Å². The zero-order chi connectivity index (χ0) is 19.4.